The molecule has 4 nitrogen and oxygen atoms in total. The zero-order chi connectivity index (χ0) is 12.8. The van der Waals surface area contributed by atoms with E-state index in [2.05, 4.69) is 9.71 Å². The molecule has 1 heterocycles. The number of nitrogens with zero attached hydrogens (tertiary/aromatic N) is 1. The summed E-state index contributed by atoms with van der Waals surface area (Å²) in [6.45, 7) is 0.522. The molecule has 1 aliphatic carbocycles. The lowest BCUT2D eigenvalue weighted by Crippen LogP contribution is -2.33. The lowest BCUT2D eigenvalue weighted by Gasteiger charge is -2.12. The Bertz CT molecular complexity index is 453. The minimum atomic E-state index is -3.08. The van der Waals surface area contributed by atoms with Gasteiger partial charge in [-0.1, -0.05) is 18.9 Å². The van der Waals surface area contributed by atoms with Gasteiger partial charge in [-0.15, -0.1) is 0 Å². The van der Waals surface area contributed by atoms with Gasteiger partial charge in [0.1, 0.15) is 0 Å². The molecular weight excluding hydrogens is 248 g/mol. The topological polar surface area (TPSA) is 59.1 Å². The first-order valence-electron chi connectivity index (χ1n) is 6.56. The molecule has 0 radical (unpaired) electrons. The molecule has 5 heteroatoms. The van der Waals surface area contributed by atoms with Crippen LogP contribution in [0.2, 0.25) is 0 Å². The Labute approximate surface area is 109 Å². The number of rotatable bonds is 6. The van der Waals surface area contributed by atoms with Crippen molar-refractivity contribution in [2.75, 3.05) is 6.54 Å². The number of hydrogen-bond acceptors (Lipinski definition) is 3. The molecular formula is C13H20N2O2S. The SMILES string of the molecule is O=S(=O)(NCCCc1cccnc1)C1CCCC1. The van der Waals surface area contributed by atoms with E-state index in [9.17, 15) is 8.42 Å². The smallest absolute Gasteiger partial charge is 0.214 e. The zero-order valence-corrected chi connectivity index (χ0v) is 11.3. The summed E-state index contributed by atoms with van der Waals surface area (Å²) in [6.07, 6.45) is 8.97. The highest BCUT2D eigenvalue weighted by Crippen LogP contribution is 2.23. The number of hydrogen-bond donors (Lipinski definition) is 1. The van der Waals surface area contributed by atoms with Crippen LogP contribution in [0, 0.1) is 0 Å². The standard InChI is InChI=1S/C13H20N2O2S/c16-18(17,13-7-1-2-8-13)15-10-4-6-12-5-3-9-14-11-12/h3,5,9,11,13,15H,1-2,4,6-8,10H2. The first-order chi connectivity index (χ1) is 8.68. The van der Waals surface area contributed by atoms with Crippen LogP contribution < -0.4 is 4.72 Å². The zero-order valence-electron chi connectivity index (χ0n) is 10.5. The summed E-state index contributed by atoms with van der Waals surface area (Å²) >= 11 is 0. The van der Waals surface area contributed by atoms with Gasteiger partial charge in [0, 0.05) is 18.9 Å². The number of sulfonamides is 1. The predicted molar refractivity (Wildman–Crippen MR) is 71.7 cm³/mol. The van der Waals surface area contributed by atoms with Crippen LogP contribution in [0.15, 0.2) is 24.5 Å². The van der Waals surface area contributed by atoms with Crippen molar-refractivity contribution in [3.63, 3.8) is 0 Å². The largest absolute Gasteiger partial charge is 0.264 e. The molecule has 1 aromatic heterocycles. The van der Waals surface area contributed by atoms with Crippen LogP contribution in [-0.4, -0.2) is 25.2 Å². The quantitative estimate of drug-likeness (QED) is 0.801. The Morgan fingerprint density at radius 2 is 2.11 bits per heavy atom. The van der Waals surface area contributed by atoms with Gasteiger partial charge >= 0.3 is 0 Å². The Hall–Kier alpha value is -0.940. The van der Waals surface area contributed by atoms with Crippen LogP contribution in [0.5, 0.6) is 0 Å². The minimum absolute atomic E-state index is 0.157. The van der Waals surface area contributed by atoms with E-state index in [4.69, 9.17) is 0 Å². The van der Waals surface area contributed by atoms with Crippen LogP contribution in [0.3, 0.4) is 0 Å². The van der Waals surface area contributed by atoms with E-state index >= 15 is 0 Å². The molecule has 0 aliphatic heterocycles. The highest BCUT2D eigenvalue weighted by Gasteiger charge is 2.27. The fourth-order valence-electron chi connectivity index (χ4n) is 2.37. The van der Waals surface area contributed by atoms with E-state index in [1.807, 2.05) is 18.3 Å². The van der Waals surface area contributed by atoms with Gasteiger partial charge in [0.15, 0.2) is 0 Å². The molecule has 0 spiro atoms. The van der Waals surface area contributed by atoms with Crippen molar-refractivity contribution in [2.24, 2.45) is 0 Å². The third-order valence-electron chi connectivity index (χ3n) is 3.41. The van der Waals surface area contributed by atoms with Crippen molar-refractivity contribution in [3.8, 4) is 0 Å². The molecule has 1 fully saturated rings. The lowest BCUT2D eigenvalue weighted by molar-refractivity contribution is 0.562. The third-order valence-corrected chi connectivity index (χ3v) is 5.36. The highest BCUT2D eigenvalue weighted by molar-refractivity contribution is 7.90. The maximum atomic E-state index is 11.9. The molecule has 0 amide bonds. The molecule has 1 aromatic rings. The normalized spacial score (nSPS) is 17.1. The molecule has 18 heavy (non-hydrogen) atoms. The van der Waals surface area contributed by atoms with Crippen LogP contribution in [0.25, 0.3) is 0 Å². The van der Waals surface area contributed by atoms with E-state index in [1.54, 1.807) is 6.20 Å². The van der Waals surface area contributed by atoms with Crippen molar-refractivity contribution in [2.45, 2.75) is 43.8 Å². The van der Waals surface area contributed by atoms with Gasteiger partial charge in [-0.2, -0.15) is 0 Å². The Morgan fingerprint density at radius 1 is 1.33 bits per heavy atom. The predicted octanol–water partition coefficient (Wildman–Crippen LogP) is 1.88. The molecule has 1 aliphatic rings. The van der Waals surface area contributed by atoms with Gasteiger partial charge in [0.25, 0.3) is 0 Å². The molecule has 2 rings (SSSR count). The van der Waals surface area contributed by atoms with Gasteiger partial charge in [-0.25, -0.2) is 13.1 Å². The van der Waals surface area contributed by atoms with E-state index in [0.29, 0.717) is 6.54 Å². The number of pyridine rings is 1. The second-order valence-corrected chi connectivity index (χ2v) is 6.86. The van der Waals surface area contributed by atoms with Crippen LogP contribution in [0.1, 0.15) is 37.7 Å². The summed E-state index contributed by atoms with van der Waals surface area (Å²) in [7, 11) is -3.08. The van der Waals surface area contributed by atoms with Crippen molar-refractivity contribution in [1.82, 2.24) is 9.71 Å². The van der Waals surface area contributed by atoms with Crippen molar-refractivity contribution in [3.05, 3.63) is 30.1 Å². The maximum Gasteiger partial charge on any atom is 0.214 e. The maximum absolute atomic E-state index is 11.9. The summed E-state index contributed by atoms with van der Waals surface area (Å²) in [6, 6.07) is 3.91. The van der Waals surface area contributed by atoms with Gasteiger partial charge < -0.3 is 0 Å². The van der Waals surface area contributed by atoms with Crippen LogP contribution >= 0.6 is 0 Å². The van der Waals surface area contributed by atoms with Crippen LogP contribution in [-0.2, 0) is 16.4 Å². The van der Waals surface area contributed by atoms with E-state index < -0.39 is 10.0 Å². The molecule has 1 saturated carbocycles. The lowest BCUT2D eigenvalue weighted by atomic mass is 10.2. The average molecular weight is 268 g/mol. The molecule has 100 valence electrons. The summed E-state index contributed by atoms with van der Waals surface area (Å²) in [5.41, 5.74) is 1.15. The first kappa shape index (κ1) is 13.5. The van der Waals surface area contributed by atoms with Crippen molar-refractivity contribution in [1.29, 1.82) is 0 Å². The van der Waals surface area contributed by atoms with Gasteiger partial charge in [0.2, 0.25) is 10.0 Å². The Morgan fingerprint density at radius 3 is 2.78 bits per heavy atom. The number of aryl methyl sites for hydroxylation is 1. The van der Waals surface area contributed by atoms with Gasteiger partial charge in [-0.3, -0.25) is 4.98 Å². The molecule has 0 unspecified atom stereocenters. The number of nitrogens with one attached hydrogen (secondary N) is 1. The van der Waals surface area contributed by atoms with E-state index in [1.165, 1.54) is 0 Å². The molecule has 0 aromatic carbocycles. The molecule has 1 N–H and O–H groups in total. The number of aromatic nitrogens is 1. The van der Waals surface area contributed by atoms with Crippen molar-refractivity contribution >= 4 is 10.0 Å². The molecule has 0 atom stereocenters. The van der Waals surface area contributed by atoms with Crippen molar-refractivity contribution < 1.29 is 8.42 Å². The van der Waals surface area contributed by atoms with Gasteiger partial charge in [-0.05, 0) is 37.3 Å². The summed E-state index contributed by atoms with van der Waals surface area (Å²) in [4.78, 5) is 4.04. The fraction of sp³-hybridized carbons (Fsp3) is 0.615. The van der Waals surface area contributed by atoms with E-state index in [-0.39, 0.29) is 5.25 Å². The third kappa shape index (κ3) is 3.78. The Balaban J connectivity index is 1.72. The van der Waals surface area contributed by atoms with Gasteiger partial charge in [0.05, 0.1) is 5.25 Å². The molecule has 0 saturated heterocycles. The van der Waals surface area contributed by atoms with E-state index in [0.717, 1.165) is 44.1 Å². The first-order valence-corrected chi connectivity index (χ1v) is 8.10. The Kier molecular flexibility index (Phi) is 4.72. The fourth-order valence-corrected chi connectivity index (χ4v) is 3.99. The minimum Gasteiger partial charge on any atom is -0.264 e. The summed E-state index contributed by atoms with van der Waals surface area (Å²) in [5, 5.41) is -0.157. The van der Waals surface area contributed by atoms with Crippen LogP contribution in [0.4, 0.5) is 0 Å². The summed E-state index contributed by atoms with van der Waals surface area (Å²) < 4.78 is 26.6. The average Bonchev–Trinajstić information content (AvgIpc) is 2.91. The second-order valence-electron chi connectivity index (χ2n) is 4.81. The highest BCUT2D eigenvalue weighted by atomic mass is 32.2. The second kappa shape index (κ2) is 6.29. The monoisotopic (exact) mass is 268 g/mol. The molecule has 0 bridgehead atoms. The summed E-state index contributed by atoms with van der Waals surface area (Å²) in [5.74, 6) is 0.